The fourth-order valence-corrected chi connectivity index (χ4v) is 4.30. The van der Waals surface area contributed by atoms with Crippen molar-refractivity contribution in [2.45, 2.75) is 58.3 Å². The Balaban J connectivity index is 2.09. The van der Waals surface area contributed by atoms with Gasteiger partial charge in [0, 0.05) is 12.6 Å². The van der Waals surface area contributed by atoms with Crippen molar-refractivity contribution >= 4 is 45.9 Å². The van der Waals surface area contributed by atoms with Crippen molar-refractivity contribution in [1.29, 1.82) is 0 Å². The van der Waals surface area contributed by atoms with E-state index in [4.69, 9.17) is 21.3 Å². The van der Waals surface area contributed by atoms with E-state index in [1.165, 1.54) is 11.8 Å². The van der Waals surface area contributed by atoms with Crippen molar-refractivity contribution in [2.24, 2.45) is 7.05 Å². The topological polar surface area (TPSA) is 86.1 Å². The van der Waals surface area contributed by atoms with E-state index in [9.17, 15) is 9.59 Å². The Morgan fingerprint density at radius 2 is 1.97 bits per heavy atom. The van der Waals surface area contributed by atoms with Crippen molar-refractivity contribution in [3.05, 3.63) is 56.6 Å². The number of hydrogen-bond acceptors (Lipinski definition) is 7. The summed E-state index contributed by atoms with van der Waals surface area (Å²) in [5, 5.41) is 4.76. The number of anilines is 1. The number of esters is 1. The second kappa shape index (κ2) is 9.73. The number of carbonyl (C=O) groups excluding carboxylic acids is 1. The number of aromatic nitrogens is 3. The molecule has 0 aliphatic heterocycles. The van der Waals surface area contributed by atoms with Crippen molar-refractivity contribution < 1.29 is 9.53 Å². The molecule has 176 valence electrons. The van der Waals surface area contributed by atoms with E-state index in [0.717, 1.165) is 16.9 Å². The van der Waals surface area contributed by atoms with Gasteiger partial charge in [0.2, 0.25) is 0 Å². The number of rotatable bonds is 6. The van der Waals surface area contributed by atoms with Crippen LogP contribution in [0.3, 0.4) is 0 Å². The molecule has 0 unspecified atom stereocenters. The highest BCUT2D eigenvalue weighted by atomic mass is 35.5. The second-order valence-electron chi connectivity index (χ2n) is 8.84. The third kappa shape index (κ3) is 5.68. The standard InChI is InChI=1S/C24H29ClN4O3S/c1-8-33-23-28-19-15(11-13(2)12-16(19)21(30)29(23)7)14(3)26-17-9-10-18(25)27-20(17)22(31)32-24(4,5)6/h9-12,14,26H,8H2,1-7H3/t14-/m1/s1. The summed E-state index contributed by atoms with van der Waals surface area (Å²) in [6.45, 7) is 11.3. The number of nitrogens with one attached hydrogen (secondary N) is 1. The van der Waals surface area contributed by atoms with Gasteiger partial charge in [-0.1, -0.05) is 36.4 Å². The predicted molar refractivity (Wildman–Crippen MR) is 135 cm³/mol. The maximum atomic E-state index is 13.0. The van der Waals surface area contributed by atoms with Gasteiger partial charge in [0.05, 0.1) is 22.6 Å². The van der Waals surface area contributed by atoms with Crippen LogP contribution < -0.4 is 10.9 Å². The van der Waals surface area contributed by atoms with Gasteiger partial charge in [-0.25, -0.2) is 14.8 Å². The van der Waals surface area contributed by atoms with Gasteiger partial charge in [-0.05, 0) is 64.1 Å². The summed E-state index contributed by atoms with van der Waals surface area (Å²) in [6, 6.07) is 6.90. The summed E-state index contributed by atoms with van der Waals surface area (Å²) < 4.78 is 7.09. The minimum absolute atomic E-state index is 0.0873. The average Bonchev–Trinajstić information content (AvgIpc) is 2.72. The molecule has 0 aliphatic carbocycles. The first-order valence-corrected chi connectivity index (χ1v) is 12.1. The van der Waals surface area contributed by atoms with E-state index in [-0.39, 0.29) is 22.4 Å². The molecule has 0 saturated carbocycles. The number of carbonyl (C=O) groups is 1. The lowest BCUT2D eigenvalue weighted by molar-refractivity contribution is 0.00640. The number of ether oxygens (including phenoxy) is 1. The van der Waals surface area contributed by atoms with Crippen LogP contribution >= 0.6 is 23.4 Å². The summed E-state index contributed by atoms with van der Waals surface area (Å²) in [4.78, 5) is 34.8. The highest BCUT2D eigenvalue weighted by molar-refractivity contribution is 7.99. The zero-order valence-corrected chi connectivity index (χ0v) is 21.5. The summed E-state index contributed by atoms with van der Waals surface area (Å²) in [5.41, 5.74) is 2.27. The fraction of sp³-hybridized carbons (Fsp3) is 0.417. The number of thioether (sulfide) groups is 1. The number of benzene rings is 1. The number of nitrogens with zero attached hydrogens (tertiary/aromatic N) is 3. The average molecular weight is 489 g/mol. The zero-order chi connectivity index (χ0) is 24.5. The lowest BCUT2D eigenvalue weighted by Crippen LogP contribution is -2.25. The first-order chi connectivity index (χ1) is 15.4. The first-order valence-electron chi connectivity index (χ1n) is 10.7. The maximum absolute atomic E-state index is 13.0. The molecule has 1 aromatic carbocycles. The van der Waals surface area contributed by atoms with Crippen LogP contribution in [0, 0.1) is 6.92 Å². The fourth-order valence-electron chi connectivity index (χ4n) is 3.47. The predicted octanol–water partition coefficient (Wildman–Crippen LogP) is 5.53. The second-order valence-corrected chi connectivity index (χ2v) is 10.5. The zero-order valence-electron chi connectivity index (χ0n) is 19.9. The van der Waals surface area contributed by atoms with Crippen molar-refractivity contribution in [1.82, 2.24) is 14.5 Å². The summed E-state index contributed by atoms with van der Waals surface area (Å²) in [6.07, 6.45) is 0. The van der Waals surface area contributed by atoms with Crippen LogP contribution in [0.25, 0.3) is 10.9 Å². The van der Waals surface area contributed by atoms with Crippen LogP contribution in [0.1, 0.15) is 62.3 Å². The molecule has 1 atom stereocenters. The van der Waals surface area contributed by atoms with E-state index >= 15 is 0 Å². The van der Waals surface area contributed by atoms with Gasteiger partial charge in [-0.3, -0.25) is 9.36 Å². The van der Waals surface area contributed by atoms with Crippen molar-refractivity contribution in [3.63, 3.8) is 0 Å². The maximum Gasteiger partial charge on any atom is 0.359 e. The van der Waals surface area contributed by atoms with Gasteiger partial charge in [0.1, 0.15) is 10.8 Å². The van der Waals surface area contributed by atoms with Gasteiger partial charge in [0.15, 0.2) is 10.9 Å². The van der Waals surface area contributed by atoms with Crippen LogP contribution in [0.4, 0.5) is 5.69 Å². The van der Waals surface area contributed by atoms with Crippen LogP contribution in [0.5, 0.6) is 0 Å². The molecule has 0 spiro atoms. The van der Waals surface area contributed by atoms with Crippen LogP contribution in [0.2, 0.25) is 5.15 Å². The quantitative estimate of drug-likeness (QED) is 0.211. The first kappa shape index (κ1) is 25.1. The number of pyridine rings is 1. The van der Waals surface area contributed by atoms with Gasteiger partial charge in [-0.2, -0.15) is 0 Å². The normalized spacial score (nSPS) is 12.6. The molecule has 2 aromatic heterocycles. The molecule has 7 nitrogen and oxygen atoms in total. The number of aryl methyl sites for hydroxylation is 1. The Labute approximate surface area is 202 Å². The smallest absolute Gasteiger partial charge is 0.359 e. The highest BCUT2D eigenvalue weighted by Crippen LogP contribution is 2.29. The minimum Gasteiger partial charge on any atom is -0.455 e. The van der Waals surface area contributed by atoms with Crippen LogP contribution in [-0.4, -0.2) is 31.9 Å². The Bertz CT molecular complexity index is 1270. The monoisotopic (exact) mass is 488 g/mol. The third-order valence-corrected chi connectivity index (χ3v) is 6.00. The molecule has 0 saturated heterocycles. The lowest BCUT2D eigenvalue weighted by Gasteiger charge is -2.22. The molecular formula is C24H29ClN4O3S. The van der Waals surface area contributed by atoms with Gasteiger partial charge in [-0.15, -0.1) is 0 Å². The molecule has 0 bridgehead atoms. The molecule has 2 heterocycles. The Morgan fingerprint density at radius 3 is 2.61 bits per heavy atom. The molecule has 33 heavy (non-hydrogen) atoms. The van der Waals surface area contributed by atoms with Crippen LogP contribution in [-0.2, 0) is 11.8 Å². The minimum atomic E-state index is -0.673. The number of halogens is 1. The molecule has 0 fully saturated rings. The van der Waals surface area contributed by atoms with E-state index in [2.05, 4.69) is 10.3 Å². The number of fused-ring (bicyclic) bond motifs is 1. The summed E-state index contributed by atoms with van der Waals surface area (Å²) >= 11 is 7.59. The van der Waals surface area contributed by atoms with Gasteiger partial charge >= 0.3 is 5.97 Å². The van der Waals surface area contributed by atoms with Crippen molar-refractivity contribution in [2.75, 3.05) is 11.1 Å². The number of hydrogen-bond donors (Lipinski definition) is 1. The van der Waals surface area contributed by atoms with E-state index in [1.54, 1.807) is 44.5 Å². The Hall–Kier alpha value is -2.58. The summed E-state index contributed by atoms with van der Waals surface area (Å²) in [7, 11) is 1.74. The third-order valence-electron chi connectivity index (χ3n) is 4.88. The van der Waals surface area contributed by atoms with Crippen molar-refractivity contribution in [3.8, 4) is 0 Å². The van der Waals surface area contributed by atoms with Gasteiger partial charge < -0.3 is 10.1 Å². The Morgan fingerprint density at radius 1 is 1.27 bits per heavy atom. The molecule has 1 N–H and O–H groups in total. The van der Waals surface area contributed by atoms with E-state index < -0.39 is 11.6 Å². The van der Waals surface area contributed by atoms with E-state index in [0.29, 0.717) is 21.7 Å². The van der Waals surface area contributed by atoms with E-state index in [1.807, 2.05) is 32.9 Å². The lowest BCUT2D eigenvalue weighted by atomic mass is 10.0. The Kier molecular flexibility index (Phi) is 7.39. The summed E-state index contributed by atoms with van der Waals surface area (Å²) in [5.74, 6) is 0.235. The highest BCUT2D eigenvalue weighted by Gasteiger charge is 2.24. The molecule has 0 aliphatic rings. The SMILES string of the molecule is CCSc1nc2c([C@@H](C)Nc3ccc(Cl)nc3C(=O)OC(C)(C)C)cc(C)cc2c(=O)n1C. The molecule has 3 aromatic rings. The molecule has 0 amide bonds. The molecular weight excluding hydrogens is 460 g/mol. The molecule has 9 heteroatoms. The van der Waals surface area contributed by atoms with Crippen LogP contribution in [0.15, 0.2) is 34.2 Å². The van der Waals surface area contributed by atoms with Gasteiger partial charge in [0.25, 0.3) is 5.56 Å². The largest absolute Gasteiger partial charge is 0.455 e. The molecule has 0 radical (unpaired) electrons. The molecule has 3 rings (SSSR count).